The van der Waals surface area contributed by atoms with Crippen LogP contribution in [0.3, 0.4) is 0 Å². The Hall–Kier alpha value is -2.44. The minimum Gasteiger partial charge on any atom is -0.474 e. The molecule has 0 saturated carbocycles. The fourth-order valence-corrected chi connectivity index (χ4v) is 3.52. The van der Waals surface area contributed by atoms with Crippen molar-refractivity contribution in [1.29, 1.82) is 0 Å². The molecule has 1 aliphatic heterocycles. The zero-order chi connectivity index (χ0) is 19.0. The number of hydrogen-bond acceptors (Lipinski definition) is 6. The smallest absolute Gasteiger partial charge is 0.259 e. The Labute approximate surface area is 162 Å². The van der Waals surface area contributed by atoms with Gasteiger partial charge in [-0.15, -0.1) is 0 Å². The minimum absolute atomic E-state index is 0.00181. The molecule has 1 aromatic carbocycles. The van der Waals surface area contributed by atoms with Crippen molar-refractivity contribution in [3.8, 4) is 28.7 Å². The van der Waals surface area contributed by atoms with Crippen LogP contribution in [0.4, 0.5) is 0 Å². The Morgan fingerprint density at radius 2 is 2.15 bits per heavy atom. The highest BCUT2D eigenvalue weighted by Gasteiger charge is 2.19. The van der Waals surface area contributed by atoms with E-state index in [1.54, 1.807) is 12.3 Å². The lowest BCUT2D eigenvalue weighted by molar-refractivity contribution is 0.233. The summed E-state index contributed by atoms with van der Waals surface area (Å²) in [5, 5.41) is 7.98. The maximum atomic E-state index is 6.27. The van der Waals surface area contributed by atoms with Gasteiger partial charge in [0.15, 0.2) is 0 Å². The molecule has 4 rings (SSSR count). The van der Waals surface area contributed by atoms with Gasteiger partial charge in [-0.3, -0.25) is 0 Å². The van der Waals surface area contributed by atoms with Gasteiger partial charge in [0.25, 0.3) is 5.89 Å². The monoisotopic (exact) mass is 384 g/mol. The second kappa shape index (κ2) is 7.29. The number of halogens is 1. The number of nitrogens with one attached hydrogen (secondary N) is 1. The number of fused-ring (bicyclic) bond motifs is 1. The molecular formula is C20H21ClN4O2. The Bertz CT molecular complexity index is 984. The lowest BCUT2D eigenvalue weighted by Gasteiger charge is -2.20. The van der Waals surface area contributed by atoms with Crippen LogP contribution in [-0.4, -0.2) is 27.8 Å². The lowest BCUT2D eigenvalue weighted by Crippen LogP contribution is -2.24. The molecule has 0 atom stereocenters. The van der Waals surface area contributed by atoms with Crippen molar-refractivity contribution in [3.05, 3.63) is 46.1 Å². The first-order chi connectivity index (χ1) is 13.0. The molecule has 0 saturated heterocycles. The highest BCUT2D eigenvalue weighted by atomic mass is 35.5. The zero-order valence-electron chi connectivity index (χ0n) is 15.5. The van der Waals surface area contributed by atoms with Crippen molar-refractivity contribution in [2.45, 2.75) is 39.8 Å². The van der Waals surface area contributed by atoms with Crippen LogP contribution in [0, 0.1) is 6.92 Å². The van der Waals surface area contributed by atoms with E-state index in [1.807, 2.05) is 13.8 Å². The first-order valence-corrected chi connectivity index (χ1v) is 9.39. The van der Waals surface area contributed by atoms with E-state index < -0.39 is 0 Å². The third-order valence-electron chi connectivity index (χ3n) is 4.63. The molecule has 0 bridgehead atoms. The van der Waals surface area contributed by atoms with Crippen molar-refractivity contribution in [2.75, 3.05) is 6.54 Å². The second-order valence-electron chi connectivity index (χ2n) is 6.90. The van der Waals surface area contributed by atoms with Crippen molar-refractivity contribution < 1.29 is 9.26 Å². The molecule has 2 aromatic heterocycles. The molecule has 0 aliphatic carbocycles. The molecule has 3 heterocycles. The number of benzene rings is 1. The summed E-state index contributed by atoms with van der Waals surface area (Å²) in [6.07, 6.45) is 2.64. The summed E-state index contributed by atoms with van der Waals surface area (Å²) in [6, 6.07) is 5.92. The summed E-state index contributed by atoms with van der Waals surface area (Å²) in [6.45, 7) is 7.86. The van der Waals surface area contributed by atoms with Gasteiger partial charge in [0.05, 0.1) is 11.7 Å². The number of nitrogens with zero attached hydrogens (tertiary/aromatic N) is 3. The van der Waals surface area contributed by atoms with Crippen LogP contribution in [0.25, 0.3) is 22.8 Å². The zero-order valence-corrected chi connectivity index (χ0v) is 16.3. The Balaban J connectivity index is 1.65. The SMILES string of the molecule is Cc1c(-c2noc(-c3cnc(OC(C)C)c(Cl)c3)n2)ccc2c1CCNC2. The van der Waals surface area contributed by atoms with Crippen LogP contribution in [-0.2, 0) is 13.0 Å². The molecule has 27 heavy (non-hydrogen) atoms. The summed E-state index contributed by atoms with van der Waals surface area (Å²) < 4.78 is 11.0. The normalized spacial score (nSPS) is 13.7. The van der Waals surface area contributed by atoms with E-state index in [0.717, 1.165) is 25.1 Å². The summed E-state index contributed by atoms with van der Waals surface area (Å²) in [5.74, 6) is 1.35. The maximum Gasteiger partial charge on any atom is 0.259 e. The molecule has 0 fully saturated rings. The molecule has 0 amide bonds. The summed E-state index contributed by atoms with van der Waals surface area (Å²) in [7, 11) is 0. The third kappa shape index (κ3) is 3.55. The highest BCUT2D eigenvalue weighted by Crippen LogP contribution is 2.31. The fourth-order valence-electron chi connectivity index (χ4n) is 3.31. The van der Waals surface area contributed by atoms with Crippen LogP contribution >= 0.6 is 11.6 Å². The van der Waals surface area contributed by atoms with Gasteiger partial charge in [-0.1, -0.05) is 28.9 Å². The van der Waals surface area contributed by atoms with E-state index in [9.17, 15) is 0 Å². The third-order valence-corrected chi connectivity index (χ3v) is 4.90. The van der Waals surface area contributed by atoms with Crippen molar-refractivity contribution in [3.63, 3.8) is 0 Å². The van der Waals surface area contributed by atoms with Crippen LogP contribution in [0.15, 0.2) is 28.9 Å². The van der Waals surface area contributed by atoms with E-state index in [0.29, 0.717) is 28.2 Å². The first-order valence-electron chi connectivity index (χ1n) is 9.01. The molecule has 6 nitrogen and oxygen atoms in total. The van der Waals surface area contributed by atoms with E-state index in [2.05, 4.69) is 39.5 Å². The molecule has 3 aromatic rings. The van der Waals surface area contributed by atoms with Crippen LogP contribution in [0.1, 0.15) is 30.5 Å². The number of aromatic nitrogens is 3. The van der Waals surface area contributed by atoms with Crippen LogP contribution < -0.4 is 10.1 Å². The van der Waals surface area contributed by atoms with Crippen LogP contribution in [0.5, 0.6) is 5.88 Å². The topological polar surface area (TPSA) is 73.1 Å². The number of hydrogen-bond donors (Lipinski definition) is 1. The van der Waals surface area contributed by atoms with Crippen LogP contribution in [0.2, 0.25) is 5.02 Å². The van der Waals surface area contributed by atoms with E-state index in [1.165, 1.54) is 16.7 Å². The maximum absolute atomic E-state index is 6.27. The van der Waals surface area contributed by atoms with E-state index in [-0.39, 0.29) is 6.10 Å². The van der Waals surface area contributed by atoms with E-state index >= 15 is 0 Å². The summed E-state index contributed by atoms with van der Waals surface area (Å²) in [5.41, 5.74) is 5.57. The van der Waals surface area contributed by atoms with Gasteiger partial charge in [0.2, 0.25) is 11.7 Å². The van der Waals surface area contributed by atoms with E-state index in [4.69, 9.17) is 20.9 Å². The van der Waals surface area contributed by atoms with Gasteiger partial charge in [0, 0.05) is 18.3 Å². The molecule has 1 N–H and O–H groups in total. The van der Waals surface area contributed by atoms with Gasteiger partial charge in [0.1, 0.15) is 5.02 Å². The molecule has 140 valence electrons. The molecule has 7 heteroatoms. The Morgan fingerprint density at radius 1 is 1.30 bits per heavy atom. The molecular weight excluding hydrogens is 364 g/mol. The van der Waals surface area contributed by atoms with Gasteiger partial charge in [-0.05, 0) is 56.5 Å². The number of ether oxygens (including phenoxy) is 1. The van der Waals surface area contributed by atoms with Gasteiger partial charge < -0.3 is 14.6 Å². The Kier molecular flexibility index (Phi) is 4.85. The number of rotatable bonds is 4. The fraction of sp³-hybridized carbons (Fsp3) is 0.350. The average Bonchev–Trinajstić information content (AvgIpc) is 3.13. The minimum atomic E-state index is -0.00181. The lowest BCUT2D eigenvalue weighted by atomic mass is 9.92. The van der Waals surface area contributed by atoms with Crippen molar-refractivity contribution in [2.24, 2.45) is 0 Å². The Morgan fingerprint density at radius 3 is 2.93 bits per heavy atom. The standard InChI is InChI=1S/C20H21ClN4O2/c1-11(2)26-20-17(21)8-14(10-23-20)19-24-18(25-27-19)16-5-4-13-9-22-7-6-15(13)12(16)3/h4-5,8,10-11,22H,6-7,9H2,1-3H3. The summed E-state index contributed by atoms with van der Waals surface area (Å²) >= 11 is 6.27. The highest BCUT2D eigenvalue weighted by molar-refractivity contribution is 6.32. The van der Waals surface area contributed by atoms with Crippen molar-refractivity contribution >= 4 is 11.6 Å². The molecule has 0 unspecified atom stereocenters. The predicted molar refractivity (Wildman–Crippen MR) is 104 cm³/mol. The quantitative estimate of drug-likeness (QED) is 0.727. The largest absolute Gasteiger partial charge is 0.474 e. The molecule has 0 spiro atoms. The molecule has 0 radical (unpaired) electrons. The predicted octanol–water partition coefficient (Wildman–Crippen LogP) is 4.19. The average molecular weight is 385 g/mol. The van der Waals surface area contributed by atoms with Gasteiger partial charge in [-0.25, -0.2) is 4.98 Å². The molecule has 1 aliphatic rings. The number of pyridine rings is 1. The van der Waals surface area contributed by atoms with Crippen molar-refractivity contribution in [1.82, 2.24) is 20.4 Å². The summed E-state index contributed by atoms with van der Waals surface area (Å²) in [4.78, 5) is 8.82. The van der Waals surface area contributed by atoms with Gasteiger partial charge in [-0.2, -0.15) is 4.98 Å². The second-order valence-corrected chi connectivity index (χ2v) is 7.31. The first kappa shape index (κ1) is 17.9. The van der Waals surface area contributed by atoms with Gasteiger partial charge >= 0.3 is 0 Å².